The van der Waals surface area contributed by atoms with E-state index in [1.807, 2.05) is 6.92 Å². The molecule has 0 aliphatic carbocycles. The molecule has 3 nitrogen and oxygen atoms in total. The van der Waals surface area contributed by atoms with Gasteiger partial charge < -0.3 is 9.47 Å². The van der Waals surface area contributed by atoms with E-state index in [2.05, 4.69) is 0 Å². The fourth-order valence-electron chi connectivity index (χ4n) is 1.78. The van der Waals surface area contributed by atoms with Crippen molar-refractivity contribution in [2.45, 2.75) is 26.7 Å². The van der Waals surface area contributed by atoms with Gasteiger partial charge in [0.2, 0.25) is 0 Å². The summed E-state index contributed by atoms with van der Waals surface area (Å²) in [7, 11) is 1.43. The maximum atomic E-state index is 14.1. The molecule has 4 heteroatoms. The lowest BCUT2D eigenvalue weighted by Crippen LogP contribution is -2.01. The van der Waals surface area contributed by atoms with Gasteiger partial charge in [0.05, 0.1) is 13.7 Å². The van der Waals surface area contributed by atoms with Gasteiger partial charge in [0.15, 0.2) is 11.6 Å². The highest BCUT2D eigenvalue weighted by molar-refractivity contribution is 5.87. The third-order valence-corrected chi connectivity index (χ3v) is 2.65. The average Bonchev–Trinajstić information content (AvgIpc) is 2.40. The summed E-state index contributed by atoms with van der Waals surface area (Å²) >= 11 is 0. The summed E-state index contributed by atoms with van der Waals surface area (Å²) in [6.07, 6.45) is 4.28. The molecule has 1 aromatic rings. The molecule has 0 bridgehead atoms. The Hall–Kier alpha value is -1.84. The Bertz CT molecular complexity index is 467. The number of esters is 1. The van der Waals surface area contributed by atoms with E-state index in [4.69, 9.17) is 9.47 Å². The predicted octanol–water partition coefficient (Wildman–Crippen LogP) is 3.36. The molecule has 104 valence electrons. The van der Waals surface area contributed by atoms with Gasteiger partial charge >= 0.3 is 5.97 Å². The molecule has 1 aromatic carbocycles. The number of ether oxygens (including phenoxy) is 2. The van der Waals surface area contributed by atoms with Gasteiger partial charge in [-0.05, 0) is 36.6 Å². The Morgan fingerprint density at radius 3 is 2.68 bits per heavy atom. The molecular weight excluding hydrogens is 247 g/mol. The minimum Gasteiger partial charge on any atom is -0.494 e. The van der Waals surface area contributed by atoms with Crippen molar-refractivity contribution in [3.05, 3.63) is 35.2 Å². The van der Waals surface area contributed by atoms with Crippen LogP contribution < -0.4 is 4.74 Å². The first-order valence-electron chi connectivity index (χ1n) is 6.34. The van der Waals surface area contributed by atoms with E-state index < -0.39 is 5.97 Å². The van der Waals surface area contributed by atoms with Crippen molar-refractivity contribution in [1.82, 2.24) is 0 Å². The Labute approximate surface area is 113 Å². The molecule has 19 heavy (non-hydrogen) atoms. The van der Waals surface area contributed by atoms with Gasteiger partial charge in [-0.2, -0.15) is 0 Å². The Morgan fingerprint density at radius 2 is 2.11 bits per heavy atom. The highest BCUT2D eigenvalue weighted by Crippen LogP contribution is 2.25. The van der Waals surface area contributed by atoms with Crippen LogP contribution in [-0.4, -0.2) is 19.7 Å². The van der Waals surface area contributed by atoms with E-state index in [1.54, 1.807) is 25.1 Å². The number of halogens is 1. The fourth-order valence-corrected chi connectivity index (χ4v) is 1.78. The molecule has 0 saturated carbocycles. The molecule has 0 atom stereocenters. The van der Waals surface area contributed by atoms with E-state index in [0.717, 1.165) is 6.42 Å². The standard InChI is InChI=1S/C15H19FO3/c1-4-6-12-11(8-10-14(17)19-5-2)7-9-13(18-3)15(12)16/h7-10H,4-6H2,1-3H3. The molecule has 0 aromatic heterocycles. The highest BCUT2D eigenvalue weighted by Gasteiger charge is 2.12. The van der Waals surface area contributed by atoms with E-state index in [-0.39, 0.29) is 11.6 Å². The third-order valence-electron chi connectivity index (χ3n) is 2.65. The highest BCUT2D eigenvalue weighted by atomic mass is 19.1. The van der Waals surface area contributed by atoms with Crippen LogP contribution in [-0.2, 0) is 16.0 Å². The molecular formula is C15H19FO3. The largest absolute Gasteiger partial charge is 0.494 e. The van der Waals surface area contributed by atoms with Crippen LogP contribution >= 0.6 is 0 Å². The first-order chi connectivity index (χ1) is 9.13. The summed E-state index contributed by atoms with van der Waals surface area (Å²) in [6, 6.07) is 3.29. The Morgan fingerprint density at radius 1 is 1.37 bits per heavy atom. The van der Waals surface area contributed by atoms with E-state index in [1.165, 1.54) is 13.2 Å². The van der Waals surface area contributed by atoms with Crippen molar-refractivity contribution < 1.29 is 18.7 Å². The second-order valence-corrected chi connectivity index (χ2v) is 3.98. The van der Waals surface area contributed by atoms with Crippen molar-refractivity contribution in [1.29, 1.82) is 0 Å². The third kappa shape index (κ3) is 4.09. The lowest BCUT2D eigenvalue weighted by molar-refractivity contribution is -0.137. The zero-order valence-electron chi connectivity index (χ0n) is 11.5. The van der Waals surface area contributed by atoms with Crippen LogP contribution in [0, 0.1) is 5.82 Å². The second-order valence-electron chi connectivity index (χ2n) is 3.98. The van der Waals surface area contributed by atoms with Crippen LogP contribution in [0.3, 0.4) is 0 Å². The number of methoxy groups -OCH3 is 1. The summed E-state index contributed by atoms with van der Waals surface area (Å²) in [4.78, 5) is 11.3. The molecule has 0 spiro atoms. The van der Waals surface area contributed by atoms with Crippen molar-refractivity contribution in [3.63, 3.8) is 0 Å². The monoisotopic (exact) mass is 266 g/mol. The summed E-state index contributed by atoms with van der Waals surface area (Å²) in [5, 5.41) is 0. The van der Waals surface area contributed by atoms with E-state index in [9.17, 15) is 9.18 Å². The summed E-state index contributed by atoms with van der Waals surface area (Å²) < 4.78 is 23.9. The minimum absolute atomic E-state index is 0.219. The zero-order chi connectivity index (χ0) is 14.3. The van der Waals surface area contributed by atoms with Crippen LogP contribution in [0.25, 0.3) is 6.08 Å². The molecule has 0 aliphatic heterocycles. The maximum Gasteiger partial charge on any atom is 0.330 e. The number of rotatable bonds is 6. The van der Waals surface area contributed by atoms with Crippen molar-refractivity contribution >= 4 is 12.0 Å². The minimum atomic E-state index is -0.429. The quantitative estimate of drug-likeness (QED) is 0.585. The summed E-state index contributed by atoms with van der Waals surface area (Å²) in [5.41, 5.74) is 1.23. The van der Waals surface area contributed by atoms with Gasteiger partial charge in [-0.15, -0.1) is 0 Å². The molecule has 1 rings (SSSR count). The Kier molecular flexibility index (Phi) is 6.06. The normalized spacial score (nSPS) is 10.7. The lowest BCUT2D eigenvalue weighted by Gasteiger charge is -2.10. The van der Waals surface area contributed by atoms with Crippen LogP contribution in [0.5, 0.6) is 5.75 Å². The summed E-state index contributed by atoms with van der Waals surface area (Å²) in [5.74, 6) is -0.576. The predicted molar refractivity (Wildman–Crippen MR) is 72.6 cm³/mol. The average molecular weight is 266 g/mol. The molecule has 0 fully saturated rings. The first-order valence-corrected chi connectivity index (χ1v) is 6.34. The van der Waals surface area contributed by atoms with Gasteiger partial charge in [0.1, 0.15) is 0 Å². The van der Waals surface area contributed by atoms with Gasteiger partial charge in [-0.25, -0.2) is 9.18 Å². The fraction of sp³-hybridized carbons (Fsp3) is 0.400. The van der Waals surface area contributed by atoms with Crippen LogP contribution in [0.1, 0.15) is 31.4 Å². The second kappa shape index (κ2) is 7.56. The van der Waals surface area contributed by atoms with Gasteiger partial charge in [0, 0.05) is 6.08 Å². The van der Waals surface area contributed by atoms with Crippen LogP contribution in [0.2, 0.25) is 0 Å². The number of benzene rings is 1. The summed E-state index contributed by atoms with van der Waals surface area (Å²) in [6.45, 7) is 4.03. The molecule has 0 saturated heterocycles. The molecule has 0 N–H and O–H groups in total. The van der Waals surface area contributed by atoms with Gasteiger partial charge in [-0.1, -0.05) is 19.4 Å². The number of carbonyl (C=O) groups excluding carboxylic acids is 1. The van der Waals surface area contributed by atoms with E-state index >= 15 is 0 Å². The molecule has 0 unspecified atom stereocenters. The smallest absolute Gasteiger partial charge is 0.330 e. The van der Waals surface area contributed by atoms with E-state index in [0.29, 0.717) is 24.2 Å². The lowest BCUT2D eigenvalue weighted by atomic mass is 10.0. The Balaban J connectivity index is 3.06. The topological polar surface area (TPSA) is 35.5 Å². The van der Waals surface area contributed by atoms with Crippen molar-refractivity contribution in [2.24, 2.45) is 0 Å². The van der Waals surface area contributed by atoms with Gasteiger partial charge in [-0.3, -0.25) is 0 Å². The molecule has 0 amide bonds. The molecule has 0 radical (unpaired) electrons. The van der Waals surface area contributed by atoms with Gasteiger partial charge in [0.25, 0.3) is 0 Å². The van der Waals surface area contributed by atoms with Crippen LogP contribution in [0.15, 0.2) is 18.2 Å². The van der Waals surface area contributed by atoms with Crippen molar-refractivity contribution in [2.75, 3.05) is 13.7 Å². The number of carbonyl (C=O) groups is 1. The maximum absolute atomic E-state index is 14.1. The molecule has 0 heterocycles. The van der Waals surface area contributed by atoms with Crippen molar-refractivity contribution in [3.8, 4) is 5.75 Å². The SMILES string of the molecule is CCCc1c(C=CC(=O)OCC)ccc(OC)c1F. The van der Waals surface area contributed by atoms with Crippen LogP contribution in [0.4, 0.5) is 4.39 Å². The number of hydrogen-bond donors (Lipinski definition) is 0. The first kappa shape index (κ1) is 15.2. The zero-order valence-corrected chi connectivity index (χ0v) is 11.5. The number of hydrogen-bond acceptors (Lipinski definition) is 3. The molecule has 0 aliphatic rings.